The van der Waals surface area contributed by atoms with Gasteiger partial charge in [0.25, 0.3) is 0 Å². The molecule has 0 saturated heterocycles. The Morgan fingerprint density at radius 1 is 1.28 bits per heavy atom. The van der Waals surface area contributed by atoms with E-state index in [0.717, 1.165) is 5.69 Å². The van der Waals surface area contributed by atoms with Crippen molar-refractivity contribution in [3.63, 3.8) is 0 Å². The first-order valence-electron chi connectivity index (χ1n) is 6.36. The van der Waals surface area contributed by atoms with Crippen molar-refractivity contribution in [1.29, 1.82) is 0 Å². The van der Waals surface area contributed by atoms with E-state index >= 15 is 0 Å². The van der Waals surface area contributed by atoms with E-state index < -0.39 is 0 Å². The lowest BCUT2D eigenvalue weighted by molar-refractivity contribution is -0.142. The molecule has 0 aromatic carbocycles. The highest BCUT2D eigenvalue weighted by molar-refractivity contribution is 7.09. The SMILES string of the molecule is CC(C)(C)C1C(=O)N(C(C)(C)C)Cc2scnc21. The predicted molar refractivity (Wildman–Crippen MR) is 74.6 cm³/mol. The van der Waals surface area contributed by atoms with Gasteiger partial charge in [0.2, 0.25) is 5.91 Å². The molecule has 0 fully saturated rings. The summed E-state index contributed by atoms with van der Waals surface area (Å²) in [6, 6.07) is 0. The van der Waals surface area contributed by atoms with E-state index in [1.165, 1.54) is 4.88 Å². The van der Waals surface area contributed by atoms with E-state index in [1.54, 1.807) is 11.3 Å². The van der Waals surface area contributed by atoms with Crippen LogP contribution in [0.25, 0.3) is 0 Å². The van der Waals surface area contributed by atoms with Gasteiger partial charge in [-0.2, -0.15) is 0 Å². The molecule has 1 amide bonds. The van der Waals surface area contributed by atoms with Gasteiger partial charge in [0.1, 0.15) is 0 Å². The maximum atomic E-state index is 12.8. The molecule has 100 valence electrons. The van der Waals surface area contributed by atoms with E-state index in [0.29, 0.717) is 6.54 Å². The number of carbonyl (C=O) groups is 1. The first kappa shape index (κ1) is 13.5. The van der Waals surface area contributed by atoms with Gasteiger partial charge in [0, 0.05) is 10.4 Å². The van der Waals surface area contributed by atoms with Gasteiger partial charge in [-0.25, -0.2) is 4.98 Å². The number of nitrogens with zero attached hydrogens (tertiary/aromatic N) is 2. The summed E-state index contributed by atoms with van der Waals surface area (Å²) in [5.41, 5.74) is 2.63. The lowest BCUT2D eigenvalue weighted by atomic mass is 9.75. The van der Waals surface area contributed by atoms with Gasteiger partial charge < -0.3 is 4.90 Å². The van der Waals surface area contributed by atoms with Crippen molar-refractivity contribution in [2.75, 3.05) is 0 Å². The minimum Gasteiger partial charge on any atom is -0.332 e. The van der Waals surface area contributed by atoms with Gasteiger partial charge >= 0.3 is 0 Å². The largest absolute Gasteiger partial charge is 0.332 e. The fourth-order valence-corrected chi connectivity index (χ4v) is 3.26. The summed E-state index contributed by atoms with van der Waals surface area (Å²) in [6.07, 6.45) is 0. The van der Waals surface area contributed by atoms with Gasteiger partial charge in [-0.05, 0) is 26.2 Å². The average Bonchev–Trinajstić information content (AvgIpc) is 2.59. The molecule has 1 aromatic rings. The predicted octanol–water partition coefficient (Wildman–Crippen LogP) is 3.41. The van der Waals surface area contributed by atoms with Gasteiger partial charge in [0.15, 0.2) is 0 Å². The molecule has 4 heteroatoms. The summed E-state index contributed by atoms with van der Waals surface area (Å²) in [4.78, 5) is 20.4. The van der Waals surface area contributed by atoms with Crippen molar-refractivity contribution in [2.24, 2.45) is 5.41 Å². The summed E-state index contributed by atoms with van der Waals surface area (Å²) < 4.78 is 0. The van der Waals surface area contributed by atoms with E-state index in [2.05, 4.69) is 46.5 Å². The fraction of sp³-hybridized carbons (Fsp3) is 0.714. The van der Waals surface area contributed by atoms with Crippen LogP contribution in [0.3, 0.4) is 0 Å². The molecule has 3 nitrogen and oxygen atoms in total. The Morgan fingerprint density at radius 2 is 1.89 bits per heavy atom. The number of thiazole rings is 1. The number of hydrogen-bond donors (Lipinski definition) is 0. The highest BCUT2D eigenvalue weighted by Gasteiger charge is 2.45. The second-order valence-electron chi connectivity index (χ2n) is 7.06. The molecule has 0 radical (unpaired) electrons. The standard InChI is InChI=1S/C14H22N2OS/c1-13(2,3)10-11-9(18-8-15-11)7-16(12(10)17)14(4,5)6/h8,10H,7H2,1-6H3. The number of rotatable bonds is 0. The summed E-state index contributed by atoms with van der Waals surface area (Å²) in [5.74, 6) is 0.0973. The van der Waals surface area contributed by atoms with E-state index in [4.69, 9.17) is 0 Å². The van der Waals surface area contributed by atoms with Gasteiger partial charge in [0.05, 0.1) is 23.7 Å². The minimum atomic E-state index is -0.137. The van der Waals surface area contributed by atoms with E-state index in [1.807, 2.05) is 10.4 Å². The van der Waals surface area contributed by atoms with E-state index in [9.17, 15) is 4.79 Å². The van der Waals surface area contributed by atoms with Crippen LogP contribution in [0.5, 0.6) is 0 Å². The Balaban J connectivity index is 2.51. The highest BCUT2D eigenvalue weighted by atomic mass is 32.1. The molecule has 0 spiro atoms. The maximum absolute atomic E-state index is 12.8. The molecular weight excluding hydrogens is 244 g/mol. The van der Waals surface area contributed by atoms with Crippen LogP contribution in [-0.4, -0.2) is 21.3 Å². The molecule has 1 aliphatic heterocycles. The van der Waals surface area contributed by atoms with Crippen molar-refractivity contribution in [1.82, 2.24) is 9.88 Å². The second kappa shape index (κ2) is 4.05. The molecule has 1 atom stereocenters. The smallest absolute Gasteiger partial charge is 0.233 e. The van der Waals surface area contributed by atoms with E-state index in [-0.39, 0.29) is 22.8 Å². The van der Waals surface area contributed by atoms with Crippen LogP contribution in [0.15, 0.2) is 5.51 Å². The molecule has 0 bridgehead atoms. The number of fused-ring (bicyclic) bond motifs is 1. The first-order chi connectivity index (χ1) is 8.12. The highest BCUT2D eigenvalue weighted by Crippen LogP contribution is 2.43. The molecule has 18 heavy (non-hydrogen) atoms. The molecule has 1 unspecified atom stereocenters. The van der Waals surface area contributed by atoms with Gasteiger partial charge in [-0.1, -0.05) is 20.8 Å². The zero-order valence-electron chi connectivity index (χ0n) is 12.1. The second-order valence-corrected chi connectivity index (χ2v) is 7.99. The Hall–Kier alpha value is -0.900. The lowest BCUT2D eigenvalue weighted by Crippen LogP contribution is -2.51. The third kappa shape index (κ3) is 2.18. The number of amides is 1. The summed E-state index contributed by atoms with van der Waals surface area (Å²) in [5, 5.41) is 0. The van der Waals surface area contributed by atoms with Gasteiger partial charge in [-0.3, -0.25) is 4.79 Å². The Kier molecular flexibility index (Phi) is 3.05. The fourth-order valence-electron chi connectivity index (χ4n) is 2.48. The molecule has 2 rings (SSSR count). The molecule has 2 heterocycles. The van der Waals surface area contributed by atoms with Crippen LogP contribution in [0.2, 0.25) is 0 Å². The lowest BCUT2D eigenvalue weighted by Gasteiger charge is -2.44. The van der Waals surface area contributed by atoms with Crippen LogP contribution < -0.4 is 0 Å². The molecule has 1 aromatic heterocycles. The molecule has 0 N–H and O–H groups in total. The third-order valence-electron chi connectivity index (χ3n) is 3.44. The molecule has 0 aliphatic carbocycles. The van der Waals surface area contributed by atoms with Crippen LogP contribution >= 0.6 is 11.3 Å². The topological polar surface area (TPSA) is 33.2 Å². The quantitative estimate of drug-likeness (QED) is 0.721. The average molecular weight is 266 g/mol. The van der Waals surface area contributed by atoms with Crippen LogP contribution in [-0.2, 0) is 11.3 Å². The zero-order chi connectivity index (χ0) is 13.7. The van der Waals surface area contributed by atoms with Crippen LogP contribution in [0, 0.1) is 5.41 Å². The molecular formula is C14H22N2OS. The van der Waals surface area contributed by atoms with Crippen molar-refractivity contribution in [3.8, 4) is 0 Å². The number of hydrogen-bond acceptors (Lipinski definition) is 3. The summed E-state index contributed by atoms with van der Waals surface area (Å²) in [6.45, 7) is 13.3. The van der Waals surface area contributed by atoms with Crippen LogP contribution in [0.1, 0.15) is 58.0 Å². The summed E-state index contributed by atoms with van der Waals surface area (Å²) in [7, 11) is 0. The van der Waals surface area contributed by atoms with Crippen molar-refractivity contribution in [2.45, 2.75) is 59.5 Å². The maximum Gasteiger partial charge on any atom is 0.233 e. The number of carbonyl (C=O) groups excluding carboxylic acids is 1. The zero-order valence-corrected chi connectivity index (χ0v) is 12.9. The minimum absolute atomic E-state index is 0.0934. The normalized spacial score (nSPS) is 21.1. The van der Waals surface area contributed by atoms with Crippen molar-refractivity contribution in [3.05, 3.63) is 16.1 Å². The first-order valence-corrected chi connectivity index (χ1v) is 7.24. The molecule has 0 saturated carbocycles. The third-order valence-corrected chi connectivity index (χ3v) is 4.27. The molecule has 1 aliphatic rings. The Labute approximate surface area is 113 Å². The van der Waals surface area contributed by atoms with Crippen molar-refractivity contribution >= 4 is 17.2 Å². The Morgan fingerprint density at radius 3 is 2.39 bits per heavy atom. The Bertz CT molecular complexity index is 465. The summed E-state index contributed by atoms with van der Waals surface area (Å²) >= 11 is 1.66. The number of aromatic nitrogens is 1. The van der Waals surface area contributed by atoms with Crippen molar-refractivity contribution < 1.29 is 4.79 Å². The van der Waals surface area contributed by atoms with Crippen LogP contribution in [0.4, 0.5) is 0 Å². The van der Waals surface area contributed by atoms with Gasteiger partial charge in [-0.15, -0.1) is 11.3 Å². The monoisotopic (exact) mass is 266 g/mol.